The van der Waals surface area contributed by atoms with Crippen LogP contribution in [0.1, 0.15) is 97.2 Å². The van der Waals surface area contributed by atoms with Gasteiger partial charge in [-0.25, -0.2) is 23.4 Å². The zero-order chi connectivity index (χ0) is 56.3. The lowest BCUT2D eigenvalue weighted by Crippen LogP contribution is -1.97. The van der Waals surface area contributed by atoms with Crippen molar-refractivity contribution in [3.05, 3.63) is 126 Å². The van der Waals surface area contributed by atoms with E-state index < -0.39 is 0 Å². The SMILES string of the molecule is CC.CC.CC.CC.CC.Cc1ccccc1-c1nnnn1C.Cc1cccnc1-c1nnnn1C.Cc1ccncc1-c1nnnn1C.Cc1cnccc1-c1nnnn1C.Cc1ncccc1-c1nnnn1C. The van der Waals surface area contributed by atoms with Crippen molar-refractivity contribution in [2.24, 2.45) is 35.2 Å². The third-order valence-corrected chi connectivity index (χ3v) is 9.50. The minimum absolute atomic E-state index is 0.693. The molecule has 0 atom stereocenters. The third kappa shape index (κ3) is 19.3. The normalized spacial score (nSPS) is 9.33. The smallest absolute Gasteiger partial charge is 0.200 e. The number of hydrogen-bond acceptors (Lipinski definition) is 19. The molecule has 75 heavy (non-hydrogen) atoms. The molecule has 0 unspecified atom stereocenters. The number of aryl methyl sites for hydroxylation is 10. The first kappa shape index (κ1) is 64.2. The van der Waals surface area contributed by atoms with E-state index in [9.17, 15) is 0 Å². The number of pyridine rings is 4. The van der Waals surface area contributed by atoms with Crippen LogP contribution in [0.4, 0.5) is 0 Å². The van der Waals surface area contributed by atoms with Crippen LogP contribution in [-0.2, 0) is 35.2 Å². The lowest BCUT2D eigenvalue weighted by molar-refractivity contribution is 0.713. The Labute approximate surface area is 441 Å². The topological polar surface area (TPSA) is 270 Å². The highest BCUT2D eigenvalue weighted by Crippen LogP contribution is 2.21. The van der Waals surface area contributed by atoms with E-state index in [1.807, 2.05) is 193 Å². The highest BCUT2D eigenvalue weighted by Gasteiger charge is 2.11. The van der Waals surface area contributed by atoms with Gasteiger partial charge in [-0.2, -0.15) is 0 Å². The Hall–Kier alpha value is -8.83. The average molecular weight is 1030 g/mol. The van der Waals surface area contributed by atoms with E-state index in [2.05, 4.69) is 97.6 Å². The van der Waals surface area contributed by atoms with Gasteiger partial charge in [-0.15, -0.1) is 25.5 Å². The van der Waals surface area contributed by atoms with E-state index in [0.29, 0.717) is 5.82 Å². The standard InChI is InChI=1S/C9H10N4.4C8H9N5.5C2H6/c1-7-5-3-4-6-8(7)9-10-11-12-13(9)2;1-6-5-9-4-3-7(6)8-10-11-12-13(8)2;1-6-3-4-9-5-7(6)8-10-11-12-13(8)2;1-6-7(4-3-5-9-6)8-10-11-12-13(8)2;1-6-4-3-5-9-7(6)8-10-11-12-13(8)2;5*1-2/h3-6H,1-2H3;4*3-5H,1-2H3;5*1-2H3. The van der Waals surface area contributed by atoms with E-state index in [1.165, 1.54) is 5.56 Å². The van der Waals surface area contributed by atoms with Crippen LogP contribution in [-0.4, -0.2) is 121 Å². The Morgan fingerprint density at radius 2 is 0.667 bits per heavy atom. The van der Waals surface area contributed by atoms with Crippen molar-refractivity contribution in [3.63, 3.8) is 0 Å². The molecular weight excluding hydrogens is 949 g/mol. The Kier molecular flexibility index (Phi) is 30.9. The Bertz CT molecular complexity index is 2580. The van der Waals surface area contributed by atoms with Crippen molar-refractivity contribution in [3.8, 4) is 57.1 Å². The first-order valence-corrected chi connectivity index (χ1v) is 24.8. The summed E-state index contributed by atoms with van der Waals surface area (Å²) in [4.78, 5) is 16.4. The first-order valence-electron chi connectivity index (χ1n) is 24.8. The molecule has 0 spiro atoms. The van der Waals surface area contributed by atoms with Crippen LogP contribution in [0.5, 0.6) is 0 Å². The molecule has 0 fully saturated rings. The molecule has 0 N–H and O–H groups in total. The molecular formula is C51H76N24. The van der Waals surface area contributed by atoms with Crippen molar-refractivity contribution in [1.82, 2.24) is 121 Å². The summed E-state index contributed by atoms with van der Waals surface area (Å²) in [6.07, 6.45) is 10.5. The summed E-state index contributed by atoms with van der Waals surface area (Å²) >= 11 is 0. The molecule has 1 aromatic carbocycles. The second kappa shape index (κ2) is 36.1. The minimum Gasteiger partial charge on any atom is -0.264 e. The molecule has 0 aliphatic carbocycles. The van der Waals surface area contributed by atoms with Crippen molar-refractivity contribution in [2.45, 2.75) is 104 Å². The van der Waals surface area contributed by atoms with E-state index in [1.54, 1.807) is 67.6 Å². The quantitative estimate of drug-likeness (QED) is 0.156. The molecule has 9 aromatic heterocycles. The number of rotatable bonds is 5. The summed E-state index contributed by atoms with van der Waals surface area (Å²) < 4.78 is 8.17. The van der Waals surface area contributed by atoms with Gasteiger partial charge < -0.3 is 0 Å². The molecule has 0 saturated carbocycles. The predicted molar refractivity (Wildman–Crippen MR) is 293 cm³/mol. The number of aromatic nitrogens is 24. The predicted octanol–water partition coefficient (Wildman–Crippen LogP) is 8.64. The van der Waals surface area contributed by atoms with Crippen LogP contribution in [0.2, 0.25) is 0 Å². The molecule has 0 aliphatic heterocycles. The van der Waals surface area contributed by atoms with Gasteiger partial charge >= 0.3 is 0 Å². The van der Waals surface area contributed by atoms with Gasteiger partial charge in [-0.05, 0) is 139 Å². The van der Waals surface area contributed by atoms with Gasteiger partial charge in [0, 0.05) is 100 Å². The number of hydrogen-bond donors (Lipinski definition) is 0. The molecule has 0 bridgehead atoms. The highest BCUT2D eigenvalue weighted by atomic mass is 15.6. The maximum Gasteiger partial charge on any atom is 0.200 e. The van der Waals surface area contributed by atoms with Gasteiger partial charge in [0.15, 0.2) is 23.3 Å². The van der Waals surface area contributed by atoms with Crippen LogP contribution in [0, 0.1) is 34.6 Å². The first-order chi connectivity index (χ1) is 36.4. The third-order valence-electron chi connectivity index (χ3n) is 9.50. The monoisotopic (exact) mass is 1020 g/mol. The number of nitrogens with zero attached hydrogens (tertiary/aromatic N) is 24. The molecule has 24 nitrogen and oxygen atoms in total. The molecule has 24 heteroatoms. The van der Waals surface area contributed by atoms with Crippen LogP contribution < -0.4 is 0 Å². The maximum absolute atomic E-state index is 4.22. The van der Waals surface area contributed by atoms with Crippen molar-refractivity contribution in [1.29, 1.82) is 0 Å². The largest absolute Gasteiger partial charge is 0.264 e. The van der Waals surface area contributed by atoms with Crippen LogP contribution in [0.25, 0.3) is 57.1 Å². The Balaban J connectivity index is 0.000000449. The molecule has 400 valence electrons. The van der Waals surface area contributed by atoms with E-state index in [0.717, 1.165) is 73.6 Å². The average Bonchev–Trinajstić information content (AvgIpc) is 4.33. The van der Waals surface area contributed by atoms with Crippen molar-refractivity contribution >= 4 is 0 Å². The summed E-state index contributed by atoms with van der Waals surface area (Å²) in [5, 5.41) is 56.3. The fraction of sp³-hybridized carbons (Fsp3) is 0.392. The second-order valence-corrected chi connectivity index (χ2v) is 14.1. The molecule has 0 saturated heterocycles. The van der Waals surface area contributed by atoms with Gasteiger partial charge in [0.05, 0.1) is 0 Å². The lowest BCUT2D eigenvalue weighted by Gasteiger charge is -2.01. The molecule has 0 aliphatic rings. The Morgan fingerprint density at radius 1 is 0.307 bits per heavy atom. The van der Waals surface area contributed by atoms with Crippen LogP contribution in [0.3, 0.4) is 0 Å². The highest BCUT2D eigenvalue weighted by molar-refractivity contribution is 5.60. The molecule has 10 aromatic rings. The minimum atomic E-state index is 0.693. The van der Waals surface area contributed by atoms with Crippen LogP contribution >= 0.6 is 0 Å². The number of benzene rings is 1. The fourth-order valence-corrected chi connectivity index (χ4v) is 5.95. The Morgan fingerprint density at radius 3 is 1.09 bits per heavy atom. The molecule has 0 amide bonds. The van der Waals surface area contributed by atoms with Crippen molar-refractivity contribution in [2.75, 3.05) is 0 Å². The van der Waals surface area contributed by atoms with Gasteiger partial charge in [0.1, 0.15) is 5.69 Å². The van der Waals surface area contributed by atoms with Crippen molar-refractivity contribution < 1.29 is 0 Å². The van der Waals surface area contributed by atoms with Gasteiger partial charge in [-0.3, -0.25) is 19.9 Å². The van der Waals surface area contributed by atoms with E-state index in [4.69, 9.17) is 0 Å². The second-order valence-electron chi connectivity index (χ2n) is 14.1. The molecule has 0 radical (unpaired) electrons. The molecule has 9 heterocycles. The summed E-state index contributed by atoms with van der Waals surface area (Å²) in [6.45, 7) is 30.0. The maximum atomic E-state index is 4.22. The summed E-state index contributed by atoms with van der Waals surface area (Å²) in [6, 6.07) is 19.6. The zero-order valence-electron chi connectivity index (χ0n) is 47.5. The van der Waals surface area contributed by atoms with E-state index in [-0.39, 0.29) is 0 Å². The summed E-state index contributed by atoms with van der Waals surface area (Å²) in [5.41, 5.74) is 10.2. The number of tetrazole rings is 5. The lowest BCUT2D eigenvalue weighted by atomic mass is 10.1. The van der Waals surface area contributed by atoms with Gasteiger partial charge in [0.2, 0.25) is 5.82 Å². The fourth-order valence-electron chi connectivity index (χ4n) is 5.95. The van der Waals surface area contributed by atoms with Crippen LogP contribution in [0.15, 0.2) is 97.8 Å². The van der Waals surface area contributed by atoms with Gasteiger partial charge in [0.25, 0.3) is 0 Å². The van der Waals surface area contributed by atoms with E-state index >= 15 is 0 Å². The van der Waals surface area contributed by atoms with Gasteiger partial charge in [-0.1, -0.05) is 99.6 Å². The summed E-state index contributed by atoms with van der Waals surface area (Å²) in [7, 11) is 9.06. The zero-order valence-corrected chi connectivity index (χ0v) is 47.5. The summed E-state index contributed by atoms with van der Waals surface area (Å²) in [5.74, 6) is 3.74. The molecule has 10 rings (SSSR count).